The summed E-state index contributed by atoms with van der Waals surface area (Å²) in [4.78, 5) is 4.48. The number of rotatable bonds is 3. The molecule has 5 heteroatoms. The van der Waals surface area contributed by atoms with Gasteiger partial charge in [-0.1, -0.05) is 23.8 Å². The van der Waals surface area contributed by atoms with Crippen molar-refractivity contribution < 1.29 is 4.74 Å². The summed E-state index contributed by atoms with van der Waals surface area (Å²) in [6.07, 6.45) is 0. The molecule has 3 rings (SSSR count). The van der Waals surface area contributed by atoms with Gasteiger partial charge in [-0.25, -0.2) is 4.98 Å². The molecule has 0 spiro atoms. The van der Waals surface area contributed by atoms with Gasteiger partial charge in [-0.15, -0.1) is 0 Å². The second-order valence-corrected chi connectivity index (χ2v) is 6.95. The second-order valence-electron chi connectivity index (χ2n) is 6.09. The van der Waals surface area contributed by atoms with Crippen LogP contribution in [0.1, 0.15) is 16.7 Å². The van der Waals surface area contributed by atoms with Crippen LogP contribution in [-0.2, 0) is 0 Å². The van der Waals surface area contributed by atoms with Gasteiger partial charge < -0.3 is 10.5 Å². The number of nitriles is 1. The average molecular weight is 408 g/mol. The molecular formula is C21H18BrN3O. The number of nitrogen functional groups attached to an aromatic ring is 1. The highest BCUT2D eigenvalue weighted by molar-refractivity contribution is 9.10. The fraction of sp³-hybridized carbons (Fsp3) is 0.143. The molecule has 130 valence electrons. The Morgan fingerprint density at radius 2 is 1.85 bits per heavy atom. The van der Waals surface area contributed by atoms with Crippen LogP contribution in [-0.4, -0.2) is 12.1 Å². The molecule has 0 amide bonds. The Balaban J connectivity index is 2.25. The van der Waals surface area contributed by atoms with Gasteiger partial charge >= 0.3 is 0 Å². The SMILES string of the molecule is COc1ccc(-c2cc(-c3cc(C)ccc3C)nc(N)c2C#N)cc1Br. The zero-order valence-corrected chi connectivity index (χ0v) is 16.4. The van der Waals surface area contributed by atoms with Gasteiger partial charge in [0.1, 0.15) is 23.2 Å². The van der Waals surface area contributed by atoms with Gasteiger partial charge in [0.05, 0.1) is 17.3 Å². The Morgan fingerprint density at radius 1 is 1.08 bits per heavy atom. The minimum absolute atomic E-state index is 0.229. The van der Waals surface area contributed by atoms with Crippen LogP contribution in [0.5, 0.6) is 5.75 Å². The molecule has 2 aromatic carbocycles. The fourth-order valence-corrected chi connectivity index (χ4v) is 3.43. The van der Waals surface area contributed by atoms with Crippen LogP contribution in [0.15, 0.2) is 46.9 Å². The molecule has 0 saturated heterocycles. The molecule has 0 bridgehead atoms. The lowest BCUT2D eigenvalue weighted by molar-refractivity contribution is 0.412. The number of hydrogen-bond acceptors (Lipinski definition) is 4. The van der Waals surface area contributed by atoms with Gasteiger partial charge in [0.25, 0.3) is 0 Å². The van der Waals surface area contributed by atoms with E-state index >= 15 is 0 Å². The molecule has 0 saturated carbocycles. The van der Waals surface area contributed by atoms with Gasteiger partial charge in [-0.3, -0.25) is 0 Å². The number of hydrogen-bond donors (Lipinski definition) is 1. The number of nitrogens with zero attached hydrogens (tertiary/aromatic N) is 2. The van der Waals surface area contributed by atoms with Gasteiger partial charge in [-0.05, 0) is 65.2 Å². The van der Waals surface area contributed by atoms with E-state index in [0.717, 1.165) is 43.7 Å². The number of benzene rings is 2. The lowest BCUT2D eigenvalue weighted by Gasteiger charge is -2.13. The molecule has 0 radical (unpaired) electrons. The van der Waals surface area contributed by atoms with Crippen molar-refractivity contribution in [3.8, 4) is 34.2 Å². The molecule has 0 fully saturated rings. The summed E-state index contributed by atoms with van der Waals surface area (Å²) in [7, 11) is 1.61. The topological polar surface area (TPSA) is 71.9 Å². The number of aromatic nitrogens is 1. The predicted octanol–water partition coefficient (Wildman–Crippen LogP) is 5.26. The molecule has 0 atom stereocenters. The molecule has 4 nitrogen and oxygen atoms in total. The smallest absolute Gasteiger partial charge is 0.142 e. The normalized spacial score (nSPS) is 10.4. The van der Waals surface area contributed by atoms with Crippen LogP contribution in [0, 0.1) is 25.2 Å². The first-order chi connectivity index (χ1) is 12.4. The largest absolute Gasteiger partial charge is 0.496 e. The number of ether oxygens (including phenoxy) is 1. The van der Waals surface area contributed by atoms with E-state index in [-0.39, 0.29) is 5.82 Å². The summed E-state index contributed by atoms with van der Waals surface area (Å²) in [5, 5.41) is 9.58. The van der Waals surface area contributed by atoms with E-state index in [2.05, 4.69) is 45.2 Å². The van der Waals surface area contributed by atoms with Crippen molar-refractivity contribution in [3.63, 3.8) is 0 Å². The van der Waals surface area contributed by atoms with Crippen LogP contribution in [0.2, 0.25) is 0 Å². The third kappa shape index (κ3) is 3.29. The summed E-state index contributed by atoms with van der Waals surface area (Å²) >= 11 is 3.50. The Morgan fingerprint density at radius 3 is 2.50 bits per heavy atom. The van der Waals surface area contributed by atoms with Crippen molar-refractivity contribution in [2.75, 3.05) is 12.8 Å². The first-order valence-electron chi connectivity index (χ1n) is 8.06. The van der Waals surface area contributed by atoms with E-state index in [0.29, 0.717) is 5.56 Å². The highest BCUT2D eigenvalue weighted by Gasteiger charge is 2.15. The highest BCUT2D eigenvalue weighted by atomic mass is 79.9. The van der Waals surface area contributed by atoms with Crippen molar-refractivity contribution in [3.05, 3.63) is 63.6 Å². The van der Waals surface area contributed by atoms with Crippen LogP contribution < -0.4 is 10.5 Å². The summed E-state index contributed by atoms with van der Waals surface area (Å²) in [6, 6.07) is 16.0. The summed E-state index contributed by atoms with van der Waals surface area (Å²) in [5.41, 5.74) is 12.1. The van der Waals surface area contributed by atoms with Crippen molar-refractivity contribution in [2.24, 2.45) is 0 Å². The Labute approximate surface area is 161 Å². The fourth-order valence-electron chi connectivity index (χ4n) is 2.89. The monoisotopic (exact) mass is 407 g/mol. The molecule has 0 aliphatic heterocycles. The van der Waals surface area contributed by atoms with Crippen LogP contribution in [0.3, 0.4) is 0 Å². The lowest BCUT2D eigenvalue weighted by atomic mass is 9.96. The molecule has 1 heterocycles. The average Bonchev–Trinajstić information content (AvgIpc) is 2.63. The molecule has 0 aliphatic rings. The van der Waals surface area contributed by atoms with Crippen LogP contribution >= 0.6 is 15.9 Å². The Bertz CT molecular complexity index is 1040. The van der Waals surface area contributed by atoms with Gasteiger partial charge in [0.15, 0.2) is 0 Å². The maximum atomic E-state index is 9.58. The molecule has 26 heavy (non-hydrogen) atoms. The molecule has 2 N–H and O–H groups in total. The first-order valence-corrected chi connectivity index (χ1v) is 8.86. The summed E-state index contributed by atoms with van der Waals surface area (Å²) < 4.78 is 6.10. The zero-order valence-electron chi connectivity index (χ0n) is 14.8. The van der Waals surface area contributed by atoms with Gasteiger partial charge in [0, 0.05) is 11.1 Å². The molecule has 1 aromatic heterocycles. The summed E-state index contributed by atoms with van der Waals surface area (Å²) in [6.45, 7) is 4.08. The highest BCUT2D eigenvalue weighted by Crippen LogP contribution is 2.36. The number of pyridine rings is 1. The minimum Gasteiger partial charge on any atom is -0.496 e. The third-order valence-corrected chi connectivity index (χ3v) is 4.91. The van der Waals surface area contributed by atoms with Gasteiger partial charge in [0.2, 0.25) is 0 Å². The molecule has 0 aliphatic carbocycles. The van der Waals surface area contributed by atoms with E-state index in [9.17, 15) is 5.26 Å². The maximum Gasteiger partial charge on any atom is 0.142 e. The van der Waals surface area contributed by atoms with E-state index in [4.69, 9.17) is 10.5 Å². The molecule has 3 aromatic rings. The number of aryl methyl sites for hydroxylation is 2. The maximum absolute atomic E-state index is 9.58. The quantitative estimate of drug-likeness (QED) is 0.642. The third-order valence-electron chi connectivity index (χ3n) is 4.29. The second kappa shape index (κ2) is 7.19. The lowest BCUT2D eigenvalue weighted by Crippen LogP contribution is -2.00. The Hall–Kier alpha value is -2.84. The van der Waals surface area contributed by atoms with Crippen molar-refractivity contribution in [2.45, 2.75) is 13.8 Å². The van der Waals surface area contributed by atoms with E-state index in [1.165, 1.54) is 0 Å². The Kier molecular flexibility index (Phi) is 4.97. The zero-order chi connectivity index (χ0) is 18.8. The number of halogens is 1. The van der Waals surface area contributed by atoms with E-state index < -0.39 is 0 Å². The number of anilines is 1. The van der Waals surface area contributed by atoms with E-state index in [1.54, 1.807) is 7.11 Å². The van der Waals surface area contributed by atoms with Crippen LogP contribution in [0.25, 0.3) is 22.4 Å². The predicted molar refractivity (Wildman–Crippen MR) is 108 cm³/mol. The van der Waals surface area contributed by atoms with Crippen molar-refractivity contribution >= 4 is 21.7 Å². The van der Waals surface area contributed by atoms with Crippen LogP contribution in [0.4, 0.5) is 5.82 Å². The minimum atomic E-state index is 0.229. The number of nitrogens with two attached hydrogens (primary N) is 1. The first kappa shape index (κ1) is 18.0. The molecular weight excluding hydrogens is 390 g/mol. The number of methoxy groups -OCH3 is 1. The van der Waals surface area contributed by atoms with E-state index in [1.807, 2.05) is 38.1 Å². The van der Waals surface area contributed by atoms with Gasteiger partial charge in [-0.2, -0.15) is 5.26 Å². The standard InChI is InChI=1S/C21H18BrN3O/c1-12-4-5-13(2)15(8-12)19-10-16(17(11-23)21(24)25-19)14-6-7-20(26-3)18(22)9-14/h4-10H,1-3H3,(H2,24,25). The summed E-state index contributed by atoms with van der Waals surface area (Å²) in [5.74, 6) is 0.955. The molecule has 0 unspecified atom stereocenters. The van der Waals surface area contributed by atoms with Crippen molar-refractivity contribution in [1.29, 1.82) is 5.26 Å². The van der Waals surface area contributed by atoms with Crippen molar-refractivity contribution in [1.82, 2.24) is 4.98 Å².